The average Bonchev–Trinajstić information content (AvgIpc) is 2.72. The van der Waals surface area contributed by atoms with E-state index in [-0.39, 0.29) is 23.4 Å². The van der Waals surface area contributed by atoms with E-state index in [2.05, 4.69) is 10.6 Å². The first-order valence-corrected chi connectivity index (χ1v) is 9.90. The molecule has 0 saturated carbocycles. The van der Waals surface area contributed by atoms with E-state index in [0.717, 1.165) is 12.8 Å². The largest absolute Gasteiger partial charge is 0.444 e. The van der Waals surface area contributed by atoms with Crippen molar-refractivity contribution in [2.45, 2.75) is 39.2 Å². The molecule has 1 aromatic carbocycles. The number of allylic oxidation sites excluding steroid dienone is 2. The summed E-state index contributed by atoms with van der Waals surface area (Å²) in [6.07, 6.45) is 1.21. The fourth-order valence-electron chi connectivity index (χ4n) is 3.11. The maximum Gasteiger partial charge on any atom is 0.410 e. The van der Waals surface area contributed by atoms with Gasteiger partial charge >= 0.3 is 6.09 Å². The van der Waals surface area contributed by atoms with Crippen molar-refractivity contribution in [3.8, 4) is 18.2 Å². The minimum atomic E-state index is -0.618. The van der Waals surface area contributed by atoms with Crippen molar-refractivity contribution in [3.63, 3.8) is 0 Å². The number of carbonyl (C=O) groups excluding carboxylic acids is 1. The quantitative estimate of drug-likeness (QED) is 0.681. The third kappa shape index (κ3) is 6.62. The normalized spacial score (nSPS) is 13.9. The molecule has 1 aliphatic rings. The molecule has 1 aliphatic heterocycles. The first kappa shape index (κ1) is 23.5. The van der Waals surface area contributed by atoms with Gasteiger partial charge in [0.15, 0.2) is 5.57 Å². The summed E-state index contributed by atoms with van der Waals surface area (Å²) in [4.78, 5) is 13.9. The number of rotatable bonds is 5. The molecule has 2 rings (SSSR count). The highest BCUT2D eigenvalue weighted by Gasteiger charge is 2.27. The first-order chi connectivity index (χ1) is 14.7. The number of benzene rings is 1. The average molecular weight is 424 g/mol. The highest BCUT2D eigenvalue weighted by Crippen LogP contribution is 2.28. The number of amides is 1. The maximum absolute atomic E-state index is 14.4. The van der Waals surface area contributed by atoms with Gasteiger partial charge in [0.1, 0.15) is 35.3 Å². The zero-order valence-corrected chi connectivity index (χ0v) is 17.8. The van der Waals surface area contributed by atoms with E-state index in [1.807, 2.05) is 20.8 Å². The highest BCUT2D eigenvalue weighted by molar-refractivity contribution is 5.73. The minimum Gasteiger partial charge on any atom is -0.444 e. The van der Waals surface area contributed by atoms with Crippen molar-refractivity contribution in [2.24, 2.45) is 5.92 Å². The van der Waals surface area contributed by atoms with Crippen molar-refractivity contribution in [1.82, 2.24) is 4.90 Å². The Hall–Kier alpha value is -3.77. The van der Waals surface area contributed by atoms with Gasteiger partial charge in [-0.05, 0) is 51.7 Å². The van der Waals surface area contributed by atoms with Gasteiger partial charge in [0.2, 0.25) is 0 Å². The van der Waals surface area contributed by atoms with Gasteiger partial charge in [-0.25, -0.2) is 9.18 Å². The lowest BCUT2D eigenvalue weighted by Gasteiger charge is -2.33. The molecule has 2 N–H and O–H groups in total. The Labute approximate surface area is 181 Å². The number of para-hydroxylation sites is 1. The van der Waals surface area contributed by atoms with Gasteiger partial charge in [-0.2, -0.15) is 15.8 Å². The fourth-order valence-corrected chi connectivity index (χ4v) is 3.11. The van der Waals surface area contributed by atoms with E-state index in [1.54, 1.807) is 29.2 Å². The fraction of sp³-hybridized carbons (Fsp3) is 0.455. The van der Waals surface area contributed by atoms with Crippen LogP contribution in [0.15, 0.2) is 29.5 Å². The summed E-state index contributed by atoms with van der Waals surface area (Å²) in [5, 5.41) is 32.9. The SMILES string of the molecule is CC(C)(C)OC(=O)N1CCC(CNc2cccc(F)c2NC(C#N)=C(C#N)C#N)CC1. The van der Waals surface area contributed by atoms with Gasteiger partial charge in [-0.3, -0.25) is 0 Å². The molecule has 0 radical (unpaired) electrons. The Morgan fingerprint density at radius 2 is 1.84 bits per heavy atom. The maximum atomic E-state index is 14.4. The van der Waals surface area contributed by atoms with Gasteiger partial charge < -0.3 is 20.3 Å². The number of halogens is 1. The number of piperidine rings is 1. The van der Waals surface area contributed by atoms with Crippen LogP contribution in [0.4, 0.5) is 20.6 Å². The Morgan fingerprint density at radius 3 is 2.39 bits per heavy atom. The molecule has 0 spiro atoms. The van der Waals surface area contributed by atoms with Crippen LogP contribution in [0.3, 0.4) is 0 Å². The lowest BCUT2D eigenvalue weighted by atomic mass is 9.97. The predicted molar refractivity (Wildman–Crippen MR) is 113 cm³/mol. The van der Waals surface area contributed by atoms with Crippen LogP contribution >= 0.6 is 0 Å². The molecule has 1 aromatic rings. The highest BCUT2D eigenvalue weighted by atomic mass is 19.1. The smallest absolute Gasteiger partial charge is 0.410 e. The minimum absolute atomic E-state index is 0.00626. The van der Waals surface area contributed by atoms with Crippen LogP contribution in [-0.2, 0) is 4.74 Å². The zero-order chi connectivity index (χ0) is 23.0. The molecule has 1 heterocycles. The van der Waals surface area contributed by atoms with Crippen LogP contribution in [0.25, 0.3) is 0 Å². The summed E-state index contributed by atoms with van der Waals surface area (Å²) in [6.45, 7) is 7.17. The van der Waals surface area contributed by atoms with Gasteiger partial charge in [0, 0.05) is 19.6 Å². The molecule has 9 heteroatoms. The number of anilines is 2. The second-order valence-corrected chi connectivity index (χ2v) is 8.16. The Morgan fingerprint density at radius 1 is 1.19 bits per heavy atom. The molecule has 0 unspecified atom stereocenters. The third-order valence-corrected chi connectivity index (χ3v) is 4.70. The number of nitrogens with zero attached hydrogens (tertiary/aromatic N) is 4. The van der Waals surface area contributed by atoms with E-state index in [0.29, 0.717) is 25.3 Å². The van der Waals surface area contributed by atoms with Crippen LogP contribution in [-0.4, -0.2) is 36.2 Å². The van der Waals surface area contributed by atoms with Crippen molar-refractivity contribution >= 4 is 17.5 Å². The van der Waals surface area contributed by atoms with E-state index >= 15 is 0 Å². The standard InChI is InChI=1S/C22H25FN6O2/c1-22(2,3)31-21(30)29-9-7-15(8-10-29)14-27-18-6-4-5-17(23)20(18)28-19(13-26)16(11-24)12-25/h4-6,15,27-28H,7-10,14H2,1-3H3. The van der Waals surface area contributed by atoms with Crippen LogP contribution in [0.5, 0.6) is 0 Å². The molecular weight excluding hydrogens is 399 g/mol. The number of ether oxygens (including phenoxy) is 1. The number of nitrogens with one attached hydrogen (secondary N) is 2. The van der Waals surface area contributed by atoms with Gasteiger partial charge in [0.05, 0.1) is 11.4 Å². The number of likely N-dealkylation sites (tertiary alicyclic amines) is 1. The lowest BCUT2D eigenvalue weighted by molar-refractivity contribution is 0.0188. The molecule has 31 heavy (non-hydrogen) atoms. The summed E-state index contributed by atoms with van der Waals surface area (Å²) >= 11 is 0. The summed E-state index contributed by atoms with van der Waals surface area (Å²) in [5.74, 6) is -0.359. The van der Waals surface area contributed by atoms with Crippen molar-refractivity contribution in [2.75, 3.05) is 30.3 Å². The topological polar surface area (TPSA) is 125 Å². The van der Waals surface area contributed by atoms with E-state index < -0.39 is 17.0 Å². The van der Waals surface area contributed by atoms with E-state index in [9.17, 15) is 14.4 Å². The van der Waals surface area contributed by atoms with Crippen LogP contribution < -0.4 is 10.6 Å². The van der Waals surface area contributed by atoms with Gasteiger partial charge in [-0.1, -0.05) is 6.07 Å². The summed E-state index contributed by atoms with van der Waals surface area (Å²) in [6, 6.07) is 9.36. The molecule has 0 bridgehead atoms. The van der Waals surface area contributed by atoms with E-state index in [4.69, 9.17) is 15.3 Å². The number of hydrogen-bond donors (Lipinski definition) is 2. The predicted octanol–water partition coefficient (Wildman–Crippen LogP) is 4.12. The molecule has 0 aromatic heterocycles. The van der Waals surface area contributed by atoms with Gasteiger partial charge in [-0.15, -0.1) is 0 Å². The monoisotopic (exact) mass is 424 g/mol. The number of nitriles is 3. The molecule has 0 aliphatic carbocycles. The summed E-state index contributed by atoms with van der Waals surface area (Å²) in [7, 11) is 0. The first-order valence-electron chi connectivity index (χ1n) is 9.90. The third-order valence-electron chi connectivity index (χ3n) is 4.70. The number of carbonyl (C=O) groups is 1. The Balaban J connectivity index is 2.02. The summed E-state index contributed by atoms with van der Waals surface area (Å²) < 4.78 is 19.8. The second-order valence-electron chi connectivity index (χ2n) is 8.16. The summed E-state index contributed by atoms with van der Waals surface area (Å²) in [5.41, 5.74) is -0.870. The second kappa shape index (κ2) is 10.3. The zero-order valence-electron chi connectivity index (χ0n) is 17.8. The van der Waals surface area contributed by atoms with Crippen LogP contribution in [0.1, 0.15) is 33.6 Å². The Bertz CT molecular complexity index is 954. The molecule has 1 fully saturated rings. The van der Waals surface area contributed by atoms with Crippen molar-refractivity contribution < 1.29 is 13.9 Å². The molecule has 162 valence electrons. The molecule has 0 atom stereocenters. The molecule has 1 saturated heterocycles. The van der Waals surface area contributed by atoms with Crippen LogP contribution in [0, 0.1) is 45.7 Å². The molecule has 8 nitrogen and oxygen atoms in total. The molecule has 1 amide bonds. The molecular formula is C22H25FN6O2. The van der Waals surface area contributed by atoms with Crippen LogP contribution in [0.2, 0.25) is 0 Å². The van der Waals surface area contributed by atoms with Crippen molar-refractivity contribution in [1.29, 1.82) is 15.8 Å². The van der Waals surface area contributed by atoms with Crippen molar-refractivity contribution in [3.05, 3.63) is 35.3 Å². The number of hydrogen-bond acceptors (Lipinski definition) is 7. The van der Waals surface area contributed by atoms with Gasteiger partial charge in [0.25, 0.3) is 0 Å². The Kier molecular flexibility index (Phi) is 7.82. The van der Waals surface area contributed by atoms with E-state index in [1.165, 1.54) is 12.1 Å². The lowest BCUT2D eigenvalue weighted by Crippen LogP contribution is -2.42.